The zero-order chi connectivity index (χ0) is 15.5. The first kappa shape index (κ1) is 18.8. The van der Waals surface area contributed by atoms with Gasteiger partial charge < -0.3 is 15.4 Å². The van der Waals surface area contributed by atoms with Crippen molar-refractivity contribution in [3.05, 3.63) is 29.8 Å². The Kier molecular flexibility index (Phi) is 6.69. The molecule has 0 saturated carbocycles. The van der Waals surface area contributed by atoms with Gasteiger partial charge in [0.15, 0.2) is 0 Å². The molecular formula is C17H27ClN2O2. The standard InChI is InChI=1S/C17H26N2O2.ClH/c1-12(2)21-15-7-5-6-14(10-15)13(3)19-16(20)17(4)8-9-18-11-17;/h5-7,10,12-13,18H,8-9,11H2,1-4H3,(H,19,20);1H. The van der Waals surface area contributed by atoms with Crippen LogP contribution >= 0.6 is 12.4 Å². The first-order chi connectivity index (χ1) is 9.90. The summed E-state index contributed by atoms with van der Waals surface area (Å²) in [6.07, 6.45) is 1.04. The quantitative estimate of drug-likeness (QED) is 0.874. The highest BCUT2D eigenvalue weighted by molar-refractivity contribution is 5.85. The van der Waals surface area contributed by atoms with Gasteiger partial charge in [0, 0.05) is 6.54 Å². The van der Waals surface area contributed by atoms with E-state index in [9.17, 15) is 4.79 Å². The summed E-state index contributed by atoms with van der Waals surface area (Å²) in [7, 11) is 0. The van der Waals surface area contributed by atoms with E-state index >= 15 is 0 Å². The lowest BCUT2D eigenvalue weighted by Crippen LogP contribution is -2.41. The van der Waals surface area contributed by atoms with Crippen LogP contribution < -0.4 is 15.4 Å². The SMILES string of the molecule is CC(C)Oc1cccc(C(C)NC(=O)C2(C)CCNC2)c1.Cl. The zero-order valence-electron chi connectivity index (χ0n) is 13.8. The van der Waals surface area contributed by atoms with E-state index in [0.717, 1.165) is 30.8 Å². The normalized spacial score (nSPS) is 22.0. The van der Waals surface area contributed by atoms with Crippen LogP contribution in [0.15, 0.2) is 24.3 Å². The fraction of sp³-hybridized carbons (Fsp3) is 0.588. The molecule has 1 amide bonds. The summed E-state index contributed by atoms with van der Waals surface area (Å²) in [6, 6.07) is 7.91. The van der Waals surface area contributed by atoms with Gasteiger partial charge in [-0.05, 0) is 58.4 Å². The summed E-state index contributed by atoms with van der Waals surface area (Å²) in [6.45, 7) is 9.71. The molecule has 2 rings (SSSR count). The third-order valence-corrected chi connectivity index (χ3v) is 3.99. The third-order valence-electron chi connectivity index (χ3n) is 3.99. The summed E-state index contributed by atoms with van der Waals surface area (Å²) in [5, 5.41) is 6.38. The van der Waals surface area contributed by atoms with Crippen LogP contribution in [0.5, 0.6) is 5.75 Å². The lowest BCUT2D eigenvalue weighted by atomic mass is 9.88. The van der Waals surface area contributed by atoms with Gasteiger partial charge in [-0.15, -0.1) is 12.4 Å². The van der Waals surface area contributed by atoms with E-state index in [-0.39, 0.29) is 35.9 Å². The summed E-state index contributed by atoms with van der Waals surface area (Å²) >= 11 is 0. The molecule has 0 aromatic heterocycles. The van der Waals surface area contributed by atoms with Gasteiger partial charge in [-0.3, -0.25) is 4.79 Å². The average Bonchev–Trinajstić information content (AvgIpc) is 2.86. The molecule has 0 radical (unpaired) electrons. The van der Waals surface area contributed by atoms with E-state index in [0.29, 0.717) is 0 Å². The van der Waals surface area contributed by atoms with E-state index in [1.54, 1.807) is 0 Å². The van der Waals surface area contributed by atoms with Crippen LogP contribution in [0.4, 0.5) is 0 Å². The third kappa shape index (κ3) is 4.62. The van der Waals surface area contributed by atoms with E-state index in [1.807, 2.05) is 52.0 Å². The number of carbonyl (C=O) groups is 1. The minimum Gasteiger partial charge on any atom is -0.491 e. The van der Waals surface area contributed by atoms with Crippen molar-refractivity contribution in [2.45, 2.75) is 46.3 Å². The van der Waals surface area contributed by atoms with Gasteiger partial charge >= 0.3 is 0 Å². The van der Waals surface area contributed by atoms with Gasteiger partial charge in [0.25, 0.3) is 0 Å². The Morgan fingerprint density at radius 3 is 2.68 bits per heavy atom. The molecule has 1 saturated heterocycles. The largest absolute Gasteiger partial charge is 0.491 e. The minimum atomic E-state index is -0.291. The summed E-state index contributed by atoms with van der Waals surface area (Å²) in [4.78, 5) is 12.4. The molecule has 2 atom stereocenters. The number of benzene rings is 1. The van der Waals surface area contributed by atoms with Crippen molar-refractivity contribution in [1.82, 2.24) is 10.6 Å². The molecule has 0 aliphatic carbocycles. The molecule has 1 aliphatic rings. The van der Waals surface area contributed by atoms with Crippen molar-refractivity contribution >= 4 is 18.3 Å². The van der Waals surface area contributed by atoms with E-state index in [1.165, 1.54) is 0 Å². The maximum absolute atomic E-state index is 12.4. The molecule has 1 aliphatic heterocycles. The van der Waals surface area contributed by atoms with E-state index < -0.39 is 0 Å². The van der Waals surface area contributed by atoms with Crippen LogP contribution in [0.3, 0.4) is 0 Å². The Labute approximate surface area is 139 Å². The highest BCUT2D eigenvalue weighted by Crippen LogP contribution is 2.27. The second-order valence-corrected chi connectivity index (χ2v) is 6.42. The smallest absolute Gasteiger partial charge is 0.227 e. The number of hydrogen-bond donors (Lipinski definition) is 2. The number of halogens is 1. The molecule has 22 heavy (non-hydrogen) atoms. The molecule has 1 fully saturated rings. The highest BCUT2D eigenvalue weighted by atomic mass is 35.5. The lowest BCUT2D eigenvalue weighted by molar-refractivity contribution is -0.129. The molecule has 1 aromatic carbocycles. The fourth-order valence-electron chi connectivity index (χ4n) is 2.59. The van der Waals surface area contributed by atoms with Crippen LogP contribution in [0.2, 0.25) is 0 Å². The Balaban J connectivity index is 0.00000242. The molecule has 0 spiro atoms. The van der Waals surface area contributed by atoms with Gasteiger partial charge in [-0.2, -0.15) is 0 Å². The number of carbonyl (C=O) groups excluding carboxylic acids is 1. The van der Waals surface area contributed by atoms with Crippen molar-refractivity contribution in [1.29, 1.82) is 0 Å². The van der Waals surface area contributed by atoms with Crippen molar-refractivity contribution < 1.29 is 9.53 Å². The number of ether oxygens (including phenoxy) is 1. The van der Waals surface area contributed by atoms with Gasteiger partial charge in [0.2, 0.25) is 5.91 Å². The molecule has 2 unspecified atom stereocenters. The molecular weight excluding hydrogens is 300 g/mol. The van der Waals surface area contributed by atoms with E-state index in [2.05, 4.69) is 10.6 Å². The topological polar surface area (TPSA) is 50.4 Å². The molecule has 0 bridgehead atoms. The predicted molar refractivity (Wildman–Crippen MR) is 91.6 cm³/mol. The van der Waals surface area contributed by atoms with Gasteiger partial charge in [0.05, 0.1) is 17.6 Å². The molecule has 1 heterocycles. The zero-order valence-corrected chi connectivity index (χ0v) is 14.6. The molecule has 4 nitrogen and oxygen atoms in total. The second kappa shape index (κ2) is 7.84. The molecule has 1 aromatic rings. The first-order valence-corrected chi connectivity index (χ1v) is 7.69. The van der Waals surface area contributed by atoms with Crippen LogP contribution in [0.1, 0.15) is 45.7 Å². The van der Waals surface area contributed by atoms with E-state index in [4.69, 9.17) is 4.74 Å². The first-order valence-electron chi connectivity index (χ1n) is 7.69. The predicted octanol–water partition coefficient (Wildman–Crippen LogP) is 3.07. The van der Waals surface area contributed by atoms with Crippen molar-refractivity contribution in [2.75, 3.05) is 13.1 Å². The number of nitrogens with one attached hydrogen (secondary N) is 2. The monoisotopic (exact) mass is 326 g/mol. The maximum atomic E-state index is 12.4. The number of amides is 1. The fourth-order valence-corrected chi connectivity index (χ4v) is 2.59. The highest BCUT2D eigenvalue weighted by Gasteiger charge is 2.36. The van der Waals surface area contributed by atoms with Crippen molar-refractivity contribution in [3.63, 3.8) is 0 Å². The molecule has 5 heteroatoms. The van der Waals surface area contributed by atoms with Gasteiger partial charge in [-0.25, -0.2) is 0 Å². The average molecular weight is 327 g/mol. The Hall–Kier alpha value is -1.26. The van der Waals surface area contributed by atoms with Crippen LogP contribution in [-0.2, 0) is 4.79 Å². The Morgan fingerprint density at radius 1 is 1.36 bits per heavy atom. The summed E-state index contributed by atoms with van der Waals surface area (Å²) in [5.74, 6) is 0.965. The molecule has 2 N–H and O–H groups in total. The van der Waals surface area contributed by atoms with Crippen LogP contribution in [0.25, 0.3) is 0 Å². The second-order valence-electron chi connectivity index (χ2n) is 6.42. The number of rotatable bonds is 5. The van der Waals surface area contributed by atoms with Gasteiger partial charge in [0.1, 0.15) is 5.75 Å². The van der Waals surface area contributed by atoms with Gasteiger partial charge in [-0.1, -0.05) is 12.1 Å². The number of hydrogen-bond acceptors (Lipinski definition) is 3. The Bertz CT molecular complexity index is 499. The minimum absolute atomic E-state index is 0. The summed E-state index contributed by atoms with van der Waals surface area (Å²) in [5.41, 5.74) is 0.774. The van der Waals surface area contributed by atoms with Crippen molar-refractivity contribution in [2.24, 2.45) is 5.41 Å². The maximum Gasteiger partial charge on any atom is 0.227 e. The molecule has 124 valence electrons. The lowest BCUT2D eigenvalue weighted by Gasteiger charge is -2.25. The van der Waals surface area contributed by atoms with Crippen LogP contribution in [-0.4, -0.2) is 25.1 Å². The Morgan fingerprint density at radius 2 is 2.09 bits per heavy atom. The van der Waals surface area contributed by atoms with Crippen LogP contribution in [0, 0.1) is 5.41 Å². The summed E-state index contributed by atoms with van der Waals surface area (Å²) < 4.78 is 5.71. The van der Waals surface area contributed by atoms with Crippen molar-refractivity contribution in [3.8, 4) is 5.75 Å².